The molecule has 3 nitrogen and oxygen atoms in total. The van der Waals surface area contributed by atoms with Gasteiger partial charge in [0.25, 0.3) is 0 Å². The number of aliphatic hydroxyl groups excluding tert-OH is 1. The number of rotatable bonds is 2. The van der Waals surface area contributed by atoms with Crippen LogP contribution >= 0.6 is 0 Å². The maximum absolute atomic E-state index is 10.3. The maximum Gasteiger partial charge on any atom is 0.161 e. The quantitative estimate of drug-likeness (QED) is 0.722. The number of nitrogen functional groups attached to an aromatic ring is 1. The molecule has 1 aromatic heterocycles. The minimum absolute atomic E-state index is 0.405. The fraction of sp³-hybridized carbons (Fsp3) is 0.0667. The van der Waals surface area contributed by atoms with Crippen molar-refractivity contribution in [1.29, 1.82) is 0 Å². The Morgan fingerprint density at radius 2 is 1.61 bits per heavy atom. The number of fused-ring (bicyclic) bond motifs is 1. The van der Waals surface area contributed by atoms with Crippen molar-refractivity contribution in [2.45, 2.75) is 6.10 Å². The second kappa shape index (κ2) is 4.20. The van der Waals surface area contributed by atoms with Crippen LogP contribution in [-0.2, 0) is 0 Å². The number of para-hydroxylation sites is 1. The summed E-state index contributed by atoms with van der Waals surface area (Å²) in [6.07, 6.45) is -0.835. The third kappa shape index (κ3) is 1.65. The summed E-state index contributed by atoms with van der Waals surface area (Å²) in [5, 5.41) is 11.1. The Morgan fingerprint density at radius 3 is 2.33 bits per heavy atom. The monoisotopic (exact) mass is 239 g/mol. The van der Waals surface area contributed by atoms with E-state index in [0.29, 0.717) is 17.0 Å². The number of furan rings is 1. The van der Waals surface area contributed by atoms with E-state index in [4.69, 9.17) is 10.2 Å². The van der Waals surface area contributed by atoms with E-state index in [-0.39, 0.29) is 0 Å². The van der Waals surface area contributed by atoms with Crippen LogP contribution in [-0.4, -0.2) is 5.11 Å². The van der Waals surface area contributed by atoms with Crippen LogP contribution in [0.2, 0.25) is 0 Å². The largest absolute Gasteiger partial charge is 0.456 e. The van der Waals surface area contributed by atoms with Crippen LogP contribution < -0.4 is 5.73 Å². The highest BCUT2D eigenvalue weighted by Gasteiger charge is 2.19. The average Bonchev–Trinajstić information content (AvgIpc) is 2.77. The van der Waals surface area contributed by atoms with Gasteiger partial charge in [-0.25, -0.2) is 0 Å². The van der Waals surface area contributed by atoms with Crippen molar-refractivity contribution >= 4 is 16.7 Å². The van der Waals surface area contributed by atoms with Gasteiger partial charge in [0.05, 0.1) is 5.69 Å². The van der Waals surface area contributed by atoms with Crippen LogP contribution in [0.15, 0.2) is 59.0 Å². The molecule has 0 aliphatic heterocycles. The number of benzene rings is 2. The van der Waals surface area contributed by atoms with E-state index in [1.165, 1.54) is 0 Å². The van der Waals surface area contributed by atoms with Crippen LogP contribution in [0.5, 0.6) is 0 Å². The van der Waals surface area contributed by atoms with Gasteiger partial charge in [0.2, 0.25) is 0 Å². The number of anilines is 1. The number of aliphatic hydroxyl groups is 1. The Hall–Kier alpha value is -2.26. The zero-order valence-corrected chi connectivity index (χ0v) is 9.71. The van der Waals surface area contributed by atoms with Gasteiger partial charge in [-0.3, -0.25) is 0 Å². The normalized spacial score (nSPS) is 12.7. The summed E-state index contributed by atoms with van der Waals surface area (Å²) in [6.45, 7) is 0. The Balaban J connectivity index is 2.12. The summed E-state index contributed by atoms with van der Waals surface area (Å²) in [5.74, 6) is 0.405. The highest BCUT2D eigenvalue weighted by Crippen LogP contribution is 2.34. The predicted molar refractivity (Wildman–Crippen MR) is 71.1 cm³/mol. The summed E-state index contributed by atoms with van der Waals surface area (Å²) in [7, 11) is 0. The first-order valence-electron chi connectivity index (χ1n) is 5.77. The lowest BCUT2D eigenvalue weighted by molar-refractivity contribution is 0.193. The van der Waals surface area contributed by atoms with Gasteiger partial charge in [-0.15, -0.1) is 0 Å². The fourth-order valence-electron chi connectivity index (χ4n) is 2.07. The van der Waals surface area contributed by atoms with Gasteiger partial charge in [0.1, 0.15) is 11.7 Å². The van der Waals surface area contributed by atoms with Crippen molar-refractivity contribution in [3.8, 4) is 0 Å². The van der Waals surface area contributed by atoms with E-state index in [2.05, 4.69) is 0 Å². The zero-order valence-electron chi connectivity index (χ0n) is 9.71. The molecule has 3 N–H and O–H groups in total. The van der Waals surface area contributed by atoms with Crippen molar-refractivity contribution in [3.63, 3.8) is 0 Å². The molecule has 0 radical (unpaired) electrons. The molecule has 90 valence electrons. The minimum atomic E-state index is -0.835. The molecule has 1 atom stereocenters. The van der Waals surface area contributed by atoms with Gasteiger partial charge in [-0.2, -0.15) is 0 Å². The van der Waals surface area contributed by atoms with Gasteiger partial charge < -0.3 is 15.3 Å². The molecule has 0 fully saturated rings. The second-order valence-corrected chi connectivity index (χ2v) is 4.19. The molecule has 3 aromatic rings. The highest BCUT2D eigenvalue weighted by atomic mass is 16.4. The Bertz CT molecular complexity index is 673. The first-order valence-corrected chi connectivity index (χ1v) is 5.77. The lowest BCUT2D eigenvalue weighted by atomic mass is 10.1. The molecule has 0 spiro atoms. The topological polar surface area (TPSA) is 59.4 Å². The molecular formula is C15H13NO2. The molecular weight excluding hydrogens is 226 g/mol. The van der Waals surface area contributed by atoms with E-state index in [9.17, 15) is 5.11 Å². The summed E-state index contributed by atoms with van der Waals surface area (Å²) in [5.41, 5.74) is 7.99. The third-order valence-corrected chi connectivity index (χ3v) is 3.03. The third-order valence-electron chi connectivity index (χ3n) is 3.03. The summed E-state index contributed by atoms with van der Waals surface area (Å²) >= 11 is 0. The summed E-state index contributed by atoms with van der Waals surface area (Å²) < 4.78 is 5.64. The average molecular weight is 239 g/mol. The van der Waals surface area contributed by atoms with Crippen molar-refractivity contribution in [1.82, 2.24) is 0 Å². The molecule has 2 aromatic carbocycles. The smallest absolute Gasteiger partial charge is 0.161 e. The van der Waals surface area contributed by atoms with Crippen LogP contribution in [0.1, 0.15) is 17.4 Å². The first kappa shape index (κ1) is 10.9. The van der Waals surface area contributed by atoms with Crippen LogP contribution in [0.4, 0.5) is 5.69 Å². The lowest BCUT2D eigenvalue weighted by Gasteiger charge is -2.08. The SMILES string of the molecule is Nc1c(C(O)c2ccccc2)oc2ccccc12. The molecule has 0 saturated carbocycles. The zero-order chi connectivity index (χ0) is 12.5. The summed E-state index contributed by atoms with van der Waals surface area (Å²) in [4.78, 5) is 0. The predicted octanol–water partition coefficient (Wildman–Crippen LogP) is 3.10. The number of nitrogens with two attached hydrogens (primary N) is 1. The van der Waals surface area contributed by atoms with E-state index in [0.717, 1.165) is 10.9 Å². The molecule has 1 unspecified atom stereocenters. The van der Waals surface area contributed by atoms with Crippen molar-refractivity contribution < 1.29 is 9.52 Å². The second-order valence-electron chi connectivity index (χ2n) is 4.19. The van der Waals surface area contributed by atoms with Crippen LogP contribution in [0, 0.1) is 0 Å². The standard InChI is InChI=1S/C15H13NO2/c16-13-11-8-4-5-9-12(11)18-15(13)14(17)10-6-2-1-3-7-10/h1-9,14,17H,16H2. The Morgan fingerprint density at radius 1 is 0.944 bits per heavy atom. The van der Waals surface area contributed by atoms with Crippen molar-refractivity contribution in [2.75, 3.05) is 5.73 Å². The molecule has 0 amide bonds. The molecule has 1 heterocycles. The Labute approximate surface area is 104 Å². The summed E-state index contributed by atoms with van der Waals surface area (Å²) in [6, 6.07) is 16.8. The lowest BCUT2D eigenvalue weighted by Crippen LogP contribution is -2.01. The van der Waals surface area contributed by atoms with Gasteiger partial charge in [0.15, 0.2) is 5.76 Å². The van der Waals surface area contributed by atoms with Crippen LogP contribution in [0.3, 0.4) is 0 Å². The number of hydrogen-bond acceptors (Lipinski definition) is 3. The van der Waals surface area contributed by atoms with Gasteiger partial charge in [-0.1, -0.05) is 42.5 Å². The van der Waals surface area contributed by atoms with Crippen molar-refractivity contribution in [3.05, 3.63) is 65.9 Å². The first-order chi connectivity index (χ1) is 8.77. The minimum Gasteiger partial charge on any atom is -0.456 e. The van der Waals surface area contributed by atoms with E-state index >= 15 is 0 Å². The molecule has 3 heteroatoms. The number of hydrogen-bond donors (Lipinski definition) is 2. The van der Waals surface area contributed by atoms with Crippen LogP contribution in [0.25, 0.3) is 11.0 Å². The Kier molecular flexibility index (Phi) is 2.54. The fourth-order valence-corrected chi connectivity index (χ4v) is 2.07. The molecule has 18 heavy (non-hydrogen) atoms. The molecule has 0 aliphatic carbocycles. The van der Waals surface area contributed by atoms with Gasteiger partial charge in [-0.05, 0) is 17.7 Å². The van der Waals surface area contributed by atoms with E-state index < -0.39 is 6.10 Å². The maximum atomic E-state index is 10.3. The molecule has 0 bridgehead atoms. The molecule has 3 rings (SSSR count). The molecule has 0 aliphatic rings. The van der Waals surface area contributed by atoms with Gasteiger partial charge >= 0.3 is 0 Å². The van der Waals surface area contributed by atoms with E-state index in [1.807, 2.05) is 54.6 Å². The highest BCUT2D eigenvalue weighted by molar-refractivity contribution is 5.91. The van der Waals surface area contributed by atoms with Gasteiger partial charge in [0, 0.05) is 5.39 Å². The molecule has 0 saturated heterocycles. The van der Waals surface area contributed by atoms with E-state index in [1.54, 1.807) is 0 Å². The van der Waals surface area contributed by atoms with Crippen molar-refractivity contribution in [2.24, 2.45) is 0 Å².